The van der Waals surface area contributed by atoms with E-state index in [1.807, 2.05) is 0 Å². The lowest BCUT2D eigenvalue weighted by Gasteiger charge is -2.08. The molecule has 0 spiro atoms. The largest absolute Gasteiger partial charge is 0.593 e. The molecule has 1 heterocycles. The monoisotopic (exact) mass is 444 g/mol. The molecule has 7 nitrogen and oxygen atoms in total. The molecule has 0 fully saturated rings. The third-order valence-electron chi connectivity index (χ3n) is 3.55. The molecule has 0 amide bonds. The molecular formula is C16H10Cl2N2O5S2. The van der Waals surface area contributed by atoms with Crippen LogP contribution in [0.2, 0.25) is 10.0 Å². The second kappa shape index (κ2) is 7.08. The zero-order chi connectivity index (χ0) is 19.8. The van der Waals surface area contributed by atoms with Crippen LogP contribution in [0, 0.1) is 5.21 Å². The standard InChI is InChI=1S/C16H10Cl2N2O5S2/c17-11-5-1-3-7-13(11)26(22,23)15-9-10-16(20(21)19-15)27(24,25)14-8-4-2-6-12(14)18/h1-10H. The molecule has 0 unspecified atom stereocenters. The summed E-state index contributed by atoms with van der Waals surface area (Å²) >= 11 is 11.8. The van der Waals surface area contributed by atoms with Crippen LogP contribution in [0.15, 0.2) is 80.5 Å². The van der Waals surface area contributed by atoms with Gasteiger partial charge in [0.25, 0.3) is 9.84 Å². The average molecular weight is 445 g/mol. The SMILES string of the molecule is O=S(=O)(c1ccc(S(=O)(=O)c2ccccc2Cl)[n+]([O-])n1)c1ccccc1Cl. The first-order valence-corrected chi connectivity index (χ1v) is 11.0. The van der Waals surface area contributed by atoms with Crippen molar-refractivity contribution in [1.29, 1.82) is 0 Å². The maximum atomic E-state index is 12.6. The van der Waals surface area contributed by atoms with Crippen LogP contribution in [0.3, 0.4) is 0 Å². The molecule has 0 aliphatic heterocycles. The van der Waals surface area contributed by atoms with Crippen molar-refractivity contribution in [3.63, 3.8) is 0 Å². The molecule has 0 radical (unpaired) electrons. The Morgan fingerprint density at radius 2 is 1.22 bits per heavy atom. The fourth-order valence-corrected chi connectivity index (χ4v) is 5.68. The number of aromatic nitrogens is 2. The molecule has 3 rings (SSSR count). The van der Waals surface area contributed by atoms with Gasteiger partial charge < -0.3 is 5.21 Å². The third kappa shape index (κ3) is 3.51. The minimum Gasteiger partial charge on any atom is -0.593 e. The van der Waals surface area contributed by atoms with E-state index in [9.17, 15) is 22.0 Å². The van der Waals surface area contributed by atoms with E-state index in [2.05, 4.69) is 5.10 Å². The number of halogens is 2. The van der Waals surface area contributed by atoms with Crippen LogP contribution in [0.4, 0.5) is 0 Å². The fraction of sp³-hybridized carbons (Fsp3) is 0. The van der Waals surface area contributed by atoms with E-state index in [-0.39, 0.29) is 24.7 Å². The first kappa shape index (κ1) is 19.6. The molecule has 1 aromatic heterocycles. The Morgan fingerprint density at radius 1 is 0.741 bits per heavy atom. The van der Waals surface area contributed by atoms with Gasteiger partial charge in [0.1, 0.15) is 0 Å². The van der Waals surface area contributed by atoms with Crippen molar-refractivity contribution in [1.82, 2.24) is 5.10 Å². The van der Waals surface area contributed by atoms with E-state index >= 15 is 0 Å². The summed E-state index contributed by atoms with van der Waals surface area (Å²) in [4.78, 5) is -0.803. The van der Waals surface area contributed by atoms with Gasteiger partial charge in [-0.15, -0.1) is 0 Å². The van der Waals surface area contributed by atoms with Crippen LogP contribution in [0.5, 0.6) is 0 Å². The van der Waals surface area contributed by atoms with Gasteiger partial charge in [0, 0.05) is 11.2 Å². The molecule has 0 aliphatic rings. The Labute approximate surface area is 165 Å². The quantitative estimate of drug-likeness (QED) is 0.451. The molecule has 2 aromatic carbocycles. The Balaban J connectivity index is 2.13. The van der Waals surface area contributed by atoms with Gasteiger partial charge in [-0.1, -0.05) is 47.5 Å². The molecule has 0 aliphatic carbocycles. The molecule has 0 N–H and O–H groups in total. The first-order valence-electron chi connectivity index (χ1n) is 7.26. The van der Waals surface area contributed by atoms with Crippen molar-refractivity contribution >= 4 is 42.9 Å². The summed E-state index contributed by atoms with van der Waals surface area (Å²) in [5, 5.41) is 14.1. The maximum Gasteiger partial charge on any atom is 0.339 e. The Morgan fingerprint density at radius 3 is 1.70 bits per heavy atom. The van der Waals surface area contributed by atoms with E-state index in [0.29, 0.717) is 0 Å². The summed E-state index contributed by atoms with van der Waals surface area (Å²) in [6.07, 6.45) is 0. The van der Waals surface area contributed by atoms with E-state index in [1.165, 1.54) is 42.5 Å². The number of sulfone groups is 2. The van der Waals surface area contributed by atoms with E-state index < -0.39 is 29.7 Å². The molecule has 11 heteroatoms. The predicted molar refractivity (Wildman–Crippen MR) is 97.0 cm³/mol. The van der Waals surface area contributed by atoms with Crippen molar-refractivity contribution in [2.24, 2.45) is 0 Å². The van der Waals surface area contributed by atoms with E-state index in [0.717, 1.165) is 12.1 Å². The number of benzene rings is 2. The second-order valence-electron chi connectivity index (χ2n) is 5.25. The summed E-state index contributed by atoms with van der Waals surface area (Å²) < 4.78 is 50.5. The van der Waals surface area contributed by atoms with Gasteiger partial charge in [0.05, 0.1) is 19.8 Å². The smallest absolute Gasteiger partial charge is 0.339 e. The van der Waals surface area contributed by atoms with Crippen molar-refractivity contribution < 1.29 is 21.7 Å². The Hall–Kier alpha value is -2.20. The highest BCUT2D eigenvalue weighted by molar-refractivity contribution is 7.92. The van der Waals surface area contributed by atoms with Crippen LogP contribution in [-0.4, -0.2) is 21.9 Å². The van der Waals surface area contributed by atoms with E-state index in [4.69, 9.17) is 23.2 Å². The first-order chi connectivity index (χ1) is 12.7. The summed E-state index contributed by atoms with van der Waals surface area (Å²) in [6.45, 7) is 0. The topological polar surface area (TPSA) is 108 Å². The van der Waals surface area contributed by atoms with Gasteiger partial charge in [-0.05, 0) is 35.2 Å². The lowest BCUT2D eigenvalue weighted by atomic mass is 10.4. The zero-order valence-electron chi connectivity index (χ0n) is 13.3. The molecule has 140 valence electrons. The van der Waals surface area contributed by atoms with E-state index in [1.54, 1.807) is 6.07 Å². The van der Waals surface area contributed by atoms with Crippen LogP contribution in [0.1, 0.15) is 0 Å². The summed E-state index contributed by atoms with van der Waals surface area (Å²) in [5.41, 5.74) is 0. The number of hydrogen-bond donors (Lipinski definition) is 0. The van der Waals surface area contributed by atoms with Gasteiger partial charge in [-0.25, -0.2) is 16.8 Å². The van der Waals surface area contributed by atoms with Crippen LogP contribution in [0.25, 0.3) is 0 Å². The molecular weight excluding hydrogens is 435 g/mol. The lowest BCUT2D eigenvalue weighted by molar-refractivity contribution is -0.711. The maximum absolute atomic E-state index is 12.6. The second-order valence-corrected chi connectivity index (χ2v) is 9.79. The zero-order valence-corrected chi connectivity index (χ0v) is 16.4. The minimum atomic E-state index is -4.30. The average Bonchev–Trinajstić information content (AvgIpc) is 2.61. The minimum absolute atomic E-state index is 0.0514. The van der Waals surface area contributed by atoms with Crippen molar-refractivity contribution in [2.75, 3.05) is 0 Å². The van der Waals surface area contributed by atoms with Gasteiger partial charge in [-0.2, -0.15) is 0 Å². The number of nitrogens with zero attached hydrogens (tertiary/aromatic N) is 2. The molecule has 0 atom stereocenters. The summed E-state index contributed by atoms with van der Waals surface area (Å²) in [5.74, 6) is 0. The highest BCUT2D eigenvalue weighted by Crippen LogP contribution is 2.28. The normalized spacial score (nSPS) is 12.1. The number of rotatable bonds is 4. The fourth-order valence-electron chi connectivity index (χ4n) is 2.26. The molecule has 27 heavy (non-hydrogen) atoms. The van der Waals surface area contributed by atoms with Crippen LogP contribution >= 0.6 is 23.2 Å². The number of hydrogen-bond acceptors (Lipinski definition) is 6. The summed E-state index contributed by atoms with van der Waals surface area (Å²) in [7, 11) is -8.51. The van der Waals surface area contributed by atoms with Gasteiger partial charge in [-0.3, -0.25) is 0 Å². The van der Waals surface area contributed by atoms with Crippen molar-refractivity contribution in [2.45, 2.75) is 19.8 Å². The molecule has 3 aromatic rings. The van der Waals surface area contributed by atoms with Gasteiger partial charge >= 0.3 is 5.03 Å². The van der Waals surface area contributed by atoms with Gasteiger partial charge in [0.2, 0.25) is 14.9 Å². The van der Waals surface area contributed by atoms with Crippen molar-refractivity contribution in [3.05, 3.63) is 75.9 Å². The van der Waals surface area contributed by atoms with Gasteiger partial charge in [0.15, 0.2) is 0 Å². The molecule has 0 saturated carbocycles. The summed E-state index contributed by atoms with van der Waals surface area (Å²) in [6, 6.07) is 13.0. The van der Waals surface area contributed by atoms with Crippen LogP contribution in [-0.2, 0) is 19.7 Å². The Bertz CT molecular complexity index is 1250. The van der Waals surface area contributed by atoms with Crippen LogP contribution < -0.4 is 4.85 Å². The molecule has 0 saturated heterocycles. The lowest BCUT2D eigenvalue weighted by Crippen LogP contribution is -2.39. The highest BCUT2D eigenvalue weighted by Gasteiger charge is 2.32. The highest BCUT2D eigenvalue weighted by atomic mass is 35.5. The predicted octanol–water partition coefficient (Wildman–Crippen LogP) is 2.69. The van der Waals surface area contributed by atoms with Crippen molar-refractivity contribution in [3.8, 4) is 0 Å². The third-order valence-corrected chi connectivity index (χ3v) is 7.91. The Kier molecular flexibility index (Phi) is 5.13. The molecule has 0 bridgehead atoms.